The van der Waals surface area contributed by atoms with Gasteiger partial charge in [-0.05, 0) is 17.7 Å². The van der Waals surface area contributed by atoms with E-state index in [0.717, 1.165) is 5.56 Å². The summed E-state index contributed by atoms with van der Waals surface area (Å²) in [6.45, 7) is 0. The maximum absolute atomic E-state index is 10.4. The van der Waals surface area contributed by atoms with E-state index in [4.69, 9.17) is 14.9 Å². The minimum Gasteiger partial charge on any atom is -0.497 e. The first-order chi connectivity index (χ1) is 6.63. The van der Waals surface area contributed by atoms with Gasteiger partial charge < -0.3 is 14.9 Å². The molecule has 0 radical (unpaired) electrons. The van der Waals surface area contributed by atoms with E-state index in [1.165, 1.54) is 7.11 Å². The van der Waals surface area contributed by atoms with Crippen LogP contribution < -0.4 is 4.74 Å². The van der Waals surface area contributed by atoms with Gasteiger partial charge in [-0.15, -0.1) is 0 Å². The third-order valence-corrected chi connectivity index (χ3v) is 1.85. The molecule has 1 atom stereocenters. The minimum atomic E-state index is -1.36. The molecule has 0 spiro atoms. The van der Waals surface area contributed by atoms with E-state index in [1.54, 1.807) is 24.3 Å². The number of aliphatic hydroxyl groups excluding tert-OH is 1. The third kappa shape index (κ3) is 2.74. The smallest absolute Gasteiger partial charge is 0.332 e. The molecule has 0 aliphatic carbocycles. The van der Waals surface area contributed by atoms with Crippen molar-refractivity contribution in [3.05, 3.63) is 29.8 Å². The van der Waals surface area contributed by atoms with Crippen molar-refractivity contribution in [2.75, 3.05) is 7.11 Å². The number of methoxy groups -OCH3 is 1. The molecule has 14 heavy (non-hydrogen) atoms. The SMILES string of the molecule is COc1cccc(C[C@H](O)C(=O)O)c1. The zero-order valence-electron chi connectivity index (χ0n) is 7.80. The summed E-state index contributed by atoms with van der Waals surface area (Å²) in [4.78, 5) is 10.4. The van der Waals surface area contributed by atoms with Crippen molar-refractivity contribution in [1.29, 1.82) is 0 Å². The number of carboxylic acids is 1. The fraction of sp³-hybridized carbons (Fsp3) is 0.300. The van der Waals surface area contributed by atoms with E-state index in [1.807, 2.05) is 0 Å². The van der Waals surface area contributed by atoms with Crippen LogP contribution in [0.2, 0.25) is 0 Å². The molecule has 2 N–H and O–H groups in total. The average Bonchev–Trinajstić information content (AvgIpc) is 2.18. The average molecular weight is 196 g/mol. The van der Waals surface area contributed by atoms with Crippen LogP contribution in [0.1, 0.15) is 5.56 Å². The van der Waals surface area contributed by atoms with Gasteiger partial charge in [0.2, 0.25) is 0 Å². The molecule has 4 heteroatoms. The molecule has 0 aliphatic rings. The molecular weight excluding hydrogens is 184 g/mol. The molecule has 0 bridgehead atoms. The summed E-state index contributed by atoms with van der Waals surface area (Å²) in [7, 11) is 1.53. The second-order valence-electron chi connectivity index (χ2n) is 2.91. The Bertz CT molecular complexity index is 322. The zero-order chi connectivity index (χ0) is 10.6. The molecule has 0 amide bonds. The van der Waals surface area contributed by atoms with Crippen molar-refractivity contribution in [3.63, 3.8) is 0 Å². The van der Waals surface area contributed by atoms with Gasteiger partial charge in [0.1, 0.15) is 5.75 Å². The second-order valence-corrected chi connectivity index (χ2v) is 2.91. The molecule has 1 rings (SSSR count). The first kappa shape index (κ1) is 10.5. The lowest BCUT2D eigenvalue weighted by atomic mass is 10.1. The Labute approximate surface area is 81.8 Å². The topological polar surface area (TPSA) is 66.8 Å². The van der Waals surface area contributed by atoms with Crippen LogP contribution in [0.15, 0.2) is 24.3 Å². The van der Waals surface area contributed by atoms with E-state index in [-0.39, 0.29) is 6.42 Å². The molecule has 0 aliphatic heterocycles. The highest BCUT2D eigenvalue weighted by Gasteiger charge is 2.13. The minimum absolute atomic E-state index is 0.0898. The van der Waals surface area contributed by atoms with Crippen LogP contribution in [0.25, 0.3) is 0 Å². The number of carboxylic acid groups (broad SMARTS) is 1. The number of carbonyl (C=O) groups is 1. The Hall–Kier alpha value is -1.55. The Morgan fingerprint density at radius 2 is 2.29 bits per heavy atom. The number of benzene rings is 1. The summed E-state index contributed by atoms with van der Waals surface area (Å²) in [6.07, 6.45) is -1.27. The maximum Gasteiger partial charge on any atom is 0.332 e. The Morgan fingerprint density at radius 1 is 1.57 bits per heavy atom. The monoisotopic (exact) mass is 196 g/mol. The first-order valence-electron chi connectivity index (χ1n) is 4.17. The quantitative estimate of drug-likeness (QED) is 0.743. The summed E-state index contributed by atoms with van der Waals surface area (Å²) < 4.78 is 4.97. The Balaban J connectivity index is 2.71. The Morgan fingerprint density at radius 3 is 2.86 bits per heavy atom. The zero-order valence-corrected chi connectivity index (χ0v) is 7.80. The van der Waals surface area contributed by atoms with Gasteiger partial charge in [-0.1, -0.05) is 12.1 Å². The number of aliphatic hydroxyl groups is 1. The first-order valence-corrected chi connectivity index (χ1v) is 4.17. The molecule has 0 saturated heterocycles. The molecule has 0 fully saturated rings. The van der Waals surface area contributed by atoms with Gasteiger partial charge in [-0.25, -0.2) is 4.79 Å². The van der Waals surface area contributed by atoms with E-state index in [0.29, 0.717) is 5.75 Å². The molecule has 1 aromatic carbocycles. The van der Waals surface area contributed by atoms with Crippen molar-refractivity contribution in [1.82, 2.24) is 0 Å². The summed E-state index contributed by atoms with van der Waals surface area (Å²) in [5, 5.41) is 17.6. The fourth-order valence-electron chi connectivity index (χ4n) is 1.11. The van der Waals surface area contributed by atoms with Crippen LogP contribution in [0, 0.1) is 0 Å². The van der Waals surface area contributed by atoms with Crippen molar-refractivity contribution >= 4 is 5.97 Å². The molecule has 4 nitrogen and oxygen atoms in total. The maximum atomic E-state index is 10.4. The van der Waals surface area contributed by atoms with Gasteiger partial charge in [0.05, 0.1) is 7.11 Å². The third-order valence-electron chi connectivity index (χ3n) is 1.85. The van der Waals surface area contributed by atoms with Gasteiger partial charge in [-0.2, -0.15) is 0 Å². The highest BCUT2D eigenvalue weighted by Crippen LogP contribution is 2.13. The van der Waals surface area contributed by atoms with Gasteiger partial charge >= 0.3 is 5.97 Å². The number of rotatable bonds is 4. The van der Waals surface area contributed by atoms with Crippen molar-refractivity contribution in [2.45, 2.75) is 12.5 Å². The molecule has 1 aromatic rings. The van der Waals surface area contributed by atoms with Crippen LogP contribution in [-0.2, 0) is 11.2 Å². The number of hydrogen-bond acceptors (Lipinski definition) is 3. The molecule has 0 aromatic heterocycles. The number of hydrogen-bond donors (Lipinski definition) is 2. The summed E-state index contributed by atoms with van der Waals surface area (Å²) in [6, 6.07) is 6.96. The normalized spacial score (nSPS) is 12.1. The molecular formula is C10H12O4. The van der Waals surface area contributed by atoms with E-state index in [2.05, 4.69) is 0 Å². The van der Waals surface area contributed by atoms with Crippen LogP contribution in [0.3, 0.4) is 0 Å². The summed E-state index contributed by atoms with van der Waals surface area (Å²) in [5.74, 6) is -0.562. The van der Waals surface area contributed by atoms with Crippen LogP contribution in [0.4, 0.5) is 0 Å². The van der Waals surface area contributed by atoms with Crippen molar-refractivity contribution < 1.29 is 19.7 Å². The highest BCUT2D eigenvalue weighted by atomic mass is 16.5. The van der Waals surface area contributed by atoms with Crippen molar-refractivity contribution in [2.24, 2.45) is 0 Å². The van der Waals surface area contributed by atoms with Crippen molar-refractivity contribution in [3.8, 4) is 5.75 Å². The van der Waals surface area contributed by atoms with E-state index < -0.39 is 12.1 Å². The van der Waals surface area contributed by atoms with Crippen LogP contribution in [-0.4, -0.2) is 29.4 Å². The lowest BCUT2D eigenvalue weighted by Gasteiger charge is -2.06. The van der Waals surface area contributed by atoms with E-state index >= 15 is 0 Å². The van der Waals surface area contributed by atoms with E-state index in [9.17, 15) is 4.79 Å². The van der Waals surface area contributed by atoms with Gasteiger partial charge in [0, 0.05) is 6.42 Å². The second kappa shape index (κ2) is 4.62. The highest BCUT2D eigenvalue weighted by molar-refractivity contribution is 5.72. The summed E-state index contributed by atoms with van der Waals surface area (Å²) >= 11 is 0. The largest absolute Gasteiger partial charge is 0.497 e. The lowest BCUT2D eigenvalue weighted by Crippen LogP contribution is -2.21. The summed E-state index contributed by atoms with van der Waals surface area (Å²) in [5.41, 5.74) is 0.735. The molecule has 0 heterocycles. The molecule has 76 valence electrons. The molecule has 0 saturated carbocycles. The number of ether oxygens (including phenoxy) is 1. The van der Waals surface area contributed by atoms with Crippen LogP contribution in [0.5, 0.6) is 5.75 Å². The van der Waals surface area contributed by atoms with Gasteiger partial charge in [0.25, 0.3) is 0 Å². The van der Waals surface area contributed by atoms with Gasteiger partial charge in [0.15, 0.2) is 6.10 Å². The standard InChI is InChI=1S/C10H12O4/c1-14-8-4-2-3-7(5-8)6-9(11)10(12)13/h2-5,9,11H,6H2,1H3,(H,12,13)/t9-/m0/s1. The number of aliphatic carboxylic acids is 1. The van der Waals surface area contributed by atoms with Crippen LogP contribution >= 0.6 is 0 Å². The predicted molar refractivity (Wildman–Crippen MR) is 50.3 cm³/mol. The van der Waals surface area contributed by atoms with Gasteiger partial charge in [-0.3, -0.25) is 0 Å². The Kier molecular flexibility index (Phi) is 3.48. The molecule has 0 unspecified atom stereocenters. The predicted octanol–water partition coefficient (Wildman–Crippen LogP) is 0.683. The fourth-order valence-corrected chi connectivity index (χ4v) is 1.11. The lowest BCUT2D eigenvalue weighted by molar-refractivity contribution is -0.146.